The summed E-state index contributed by atoms with van der Waals surface area (Å²) in [5.74, 6) is 0.230. The van der Waals surface area contributed by atoms with Gasteiger partial charge in [0.05, 0.1) is 31.8 Å². The molecule has 7 heteroatoms. The molecule has 164 valence electrons. The molecule has 6 nitrogen and oxygen atoms in total. The zero-order valence-corrected chi connectivity index (χ0v) is 17.8. The molecule has 2 saturated heterocycles. The molecule has 0 aromatic heterocycles. The first-order chi connectivity index (χ1) is 15.0. The molecule has 2 heterocycles. The molecule has 4 rings (SSSR count). The second kappa shape index (κ2) is 9.47. The zero-order valence-electron chi connectivity index (χ0n) is 17.8. The van der Waals surface area contributed by atoms with Gasteiger partial charge < -0.3 is 15.0 Å². The van der Waals surface area contributed by atoms with Gasteiger partial charge in [-0.1, -0.05) is 6.92 Å². The summed E-state index contributed by atoms with van der Waals surface area (Å²) in [5, 5.41) is 3.44. The number of carbonyl (C=O) groups excluding carboxylic acids is 2. The van der Waals surface area contributed by atoms with Crippen molar-refractivity contribution < 1.29 is 23.6 Å². The normalized spacial score (nSPS) is 23.8. The summed E-state index contributed by atoms with van der Waals surface area (Å²) < 4.78 is 18.7. The van der Waals surface area contributed by atoms with E-state index in [-0.39, 0.29) is 36.1 Å². The Hall–Kier alpha value is -2.93. The van der Waals surface area contributed by atoms with Crippen LogP contribution in [0.2, 0.25) is 0 Å². The van der Waals surface area contributed by atoms with Gasteiger partial charge in [0.1, 0.15) is 11.6 Å². The highest BCUT2D eigenvalue weighted by Crippen LogP contribution is 2.25. The number of hydrogen-bond donors (Lipinski definition) is 2. The third kappa shape index (κ3) is 4.88. The Morgan fingerprint density at radius 1 is 1.06 bits per heavy atom. The fourth-order valence-corrected chi connectivity index (χ4v) is 4.40. The number of benzene rings is 2. The molecule has 0 unspecified atom stereocenters. The monoisotopic (exact) mass is 426 g/mol. The second-order valence-corrected chi connectivity index (χ2v) is 8.25. The van der Waals surface area contributed by atoms with Crippen LogP contribution < -0.4 is 19.9 Å². The summed E-state index contributed by atoms with van der Waals surface area (Å²) in [5.41, 5.74) is 1.51. The fourth-order valence-electron chi connectivity index (χ4n) is 4.40. The highest BCUT2D eigenvalue weighted by Gasteiger charge is 2.46. The second-order valence-electron chi connectivity index (χ2n) is 8.25. The van der Waals surface area contributed by atoms with E-state index in [9.17, 15) is 14.0 Å². The molecule has 0 aliphatic carbocycles. The quantitative estimate of drug-likeness (QED) is 0.668. The topological polar surface area (TPSA) is 63.1 Å². The molecular weight excluding hydrogens is 397 g/mol. The Bertz CT molecular complexity index is 909. The lowest BCUT2D eigenvalue weighted by molar-refractivity contribution is -0.919. The van der Waals surface area contributed by atoms with Crippen molar-refractivity contribution in [3.05, 3.63) is 54.3 Å². The summed E-state index contributed by atoms with van der Waals surface area (Å²) in [6.45, 7) is 4.32. The number of quaternary nitrogens is 1. The van der Waals surface area contributed by atoms with Gasteiger partial charge in [0, 0.05) is 24.6 Å². The Morgan fingerprint density at radius 2 is 1.74 bits per heavy atom. The van der Waals surface area contributed by atoms with Gasteiger partial charge in [0.2, 0.25) is 5.91 Å². The number of amides is 2. The fraction of sp³-hybridized carbons (Fsp3) is 0.417. The number of likely N-dealkylation sites (tertiary alicyclic amines) is 1. The molecule has 0 radical (unpaired) electrons. The van der Waals surface area contributed by atoms with Crippen molar-refractivity contribution in [3.63, 3.8) is 0 Å². The van der Waals surface area contributed by atoms with Crippen LogP contribution in [-0.2, 0) is 9.59 Å². The van der Waals surface area contributed by atoms with Crippen molar-refractivity contribution in [1.82, 2.24) is 0 Å². The van der Waals surface area contributed by atoms with Gasteiger partial charge in [-0.15, -0.1) is 0 Å². The van der Waals surface area contributed by atoms with Gasteiger partial charge in [-0.05, 0) is 55.0 Å². The summed E-state index contributed by atoms with van der Waals surface area (Å²) in [7, 11) is 0. The van der Waals surface area contributed by atoms with Crippen molar-refractivity contribution in [2.45, 2.75) is 44.7 Å². The highest BCUT2D eigenvalue weighted by molar-refractivity contribution is 6.21. The minimum atomic E-state index is -0.324. The Balaban J connectivity index is 1.34. The molecule has 2 aromatic rings. The number of rotatable bonds is 7. The van der Waals surface area contributed by atoms with Crippen LogP contribution in [0.3, 0.4) is 0 Å². The third-order valence-electron chi connectivity index (χ3n) is 6.05. The molecule has 31 heavy (non-hydrogen) atoms. The van der Waals surface area contributed by atoms with Crippen molar-refractivity contribution >= 4 is 23.2 Å². The predicted octanol–water partition coefficient (Wildman–Crippen LogP) is 2.41. The molecule has 2 aromatic carbocycles. The maximum atomic E-state index is 13.1. The summed E-state index contributed by atoms with van der Waals surface area (Å²) in [6.07, 6.45) is 2.96. The molecule has 0 bridgehead atoms. The molecule has 0 saturated carbocycles. The van der Waals surface area contributed by atoms with Crippen molar-refractivity contribution in [3.8, 4) is 5.75 Å². The number of nitrogens with zero attached hydrogens (tertiary/aromatic N) is 1. The largest absolute Gasteiger partial charge is 0.494 e. The van der Waals surface area contributed by atoms with Gasteiger partial charge >= 0.3 is 0 Å². The Morgan fingerprint density at radius 3 is 2.39 bits per heavy atom. The smallest absolute Gasteiger partial charge is 0.292 e. The lowest BCUT2D eigenvalue weighted by Crippen LogP contribution is -3.17. The van der Waals surface area contributed by atoms with E-state index >= 15 is 0 Å². The van der Waals surface area contributed by atoms with Crippen molar-refractivity contribution in [2.75, 3.05) is 29.9 Å². The first kappa shape index (κ1) is 21.3. The van der Waals surface area contributed by atoms with Gasteiger partial charge in [0.25, 0.3) is 5.91 Å². The average Bonchev–Trinajstić information content (AvgIpc) is 3.09. The number of anilines is 2. The SMILES string of the molecule is CCCOc1ccc(N2C(=O)C[C@@H]([NH+]3CCC(Nc4ccc(F)cc4)CC3)C2=O)cc1. The van der Waals surface area contributed by atoms with Crippen LogP contribution in [0.1, 0.15) is 32.6 Å². The maximum absolute atomic E-state index is 13.1. The zero-order chi connectivity index (χ0) is 21.8. The van der Waals surface area contributed by atoms with E-state index in [1.54, 1.807) is 36.4 Å². The number of ether oxygens (including phenoxy) is 1. The number of halogens is 1. The average molecular weight is 427 g/mol. The molecule has 2 fully saturated rings. The summed E-state index contributed by atoms with van der Waals surface area (Å²) >= 11 is 0. The van der Waals surface area contributed by atoms with E-state index in [4.69, 9.17) is 4.74 Å². The van der Waals surface area contributed by atoms with Crippen molar-refractivity contribution in [1.29, 1.82) is 0 Å². The van der Waals surface area contributed by atoms with Gasteiger partial charge in [-0.25, -0.2) is 9.29 Å². The first-order valence-electron chi connectivity index (χ1n) is 11.0. The minimum absolute atomic E-state index is 0.118. The lowest BCUT2D eigenvalue weighted by Gasteiger charge is -2.32. The van der Waals surface area contributed by atoms with Crippen LogP contribution in [-0.4, -0.2) is 43.6 Å². The Labute approximate surface area is 182 Å². The molecular formula is C24H29FN3O3+. The summed E-state index contributed by atoms with van der Waals surface area (Å²) in [6, 6.07) is 13.5. The van der Waals surface area contributed by atoms with Gasteiger partial charge in [-0.2, -0.15) is 0 Å². The van der Waals surface area contributed by atoms with E-state index in [0.29, 0.717) is 12.3 Å². The number of carbonyl (C=O) groups is 2. The number of piperidine rings is 1. The third-order valence-corrected chi connectivity index (χ3v) is 6.05. The molecule has 2 amide bonds. The Kier molecular flexibility index (Phi) is 6.51. The van der Waals surface area contributed by atoms with E-state index in [1.807, 2.05) is 6.92 Å². The van der Waals surface area contributed by atoms with E-state index in [0.717, 1.165) is 43.8 Å². The van der Waals surface area contributed by atoms with Crippen LogP contribution in [0, 0.1) is 5.82 Å². The standard InChI is InChI=1S/C24H28FN3O3/c1-2-15-31-21-9-7-20(8-10-21)28-23(29)16-22(24(28)30)27-13-11-19(12-14-27)26-18-5-3-17(25)4-6-18/h3-10,19,22,26H,2,11-16H2,1H3/p+1/t22-/m1/s1. The van der Waals surface area contributed by atoms with E-state index in [1.165, 1.54) is 21.9 Å². The molecule has 0 spiro atoms. The highest BCUT2D eigenvalue weighted by atomic mass is 19.1. The number of imide groups is 1. The minimum Gasteiger partial charge on any atom is -0.494 e. The van der Waals surface area contributed by atoms with E-state index < -0.39 is 0 Å². The van der Waals surface area contributed by atoms with Crippen LogP contribution in [0.15, 0.2) is 48.5 Å². The van der Waals surface area contributed by atoms with Crippen LogP contribution in [0.5, 0.6) is 5.75 Å². The first-order valence-corrected chi connectivity index (χ1v) is 11.0. The molecule has 1 atom stereocenters. The predicted molar refractivity (Wildman–Crippen MR) is 117 cm³/mol. The van der Waals surface area contributed by atoms with Gasteiger partial charge in [0.15, 0.2) is 6.04 Å². The number of nitrogens with one attached hydrogen (secondary N) is 2. The van der Waals surface area contributed by atoms with E-state index in [2.05, 4.69) is 5.32 Å². The van der Waals surface area contributed by atoms with Gasteiger partial charge in [-0.3, -0.25) is 9.59 Å². The molecule has 2 aliphatic heterocycles. The lowest BCUT2D eigenvalue weighted by atomic mass is 10.0. The van der Waals surface area contributed by atoms with Crippen molar-refractivity contribution in [2.24, 2.45) is 0 Å². The number of hydrogen-bond acceptors (Lipinski definition) is 4. The molecule has 2 N–H and O–H groups in total. The van der Waals surface area contributed by atoms with Crippen LogP contribution in [0.25, 0.3) is 0 Å². The summed E-state index contributed by atoms with van der Waals surface area (Å²) in [4.78, 5) is 28.2. The molecule has 2 aliphatic rings. The van der Waals surface area contributed by atoms with Crippen LogP contribution >= 0.6 is 0 Å². The van der Waals surface area contributed by atoms with Crippen LogP contribution in [0.4, 0.5) is 15.8 Å². The maximum Gasteiger partial charge on any atom is 0.292 e.